The van der Waals surface area contributed by atoms with Crippen LogP contribution >= 0.6 is 0 Å². The van der Waals surface area contributed by atoms with Crippen molar-refractivity contribution in [2.45, 2.75) is 19.3 Å². The van der Waals surface area contributed by atoms with E-state index >= 15 is 0 Å². The van der Waals surface area contributed by atoms with E-state index in [0.29, 0.717) is 11.7 Å². The minimum absolute atomic E-state index is 0.347. The molecular formula is C7H14O3S. The fourth-order valence-electron chi connectivity index (χ4n) is 1.32. The van der Waals surface area contributed by atoms with E-state index in [1.54, 1.807) is 0 Å². The molecule has 0 aromatic heterocycles. The zero-order valence-corrected chi connectivity index (χ0v) is 7.39. The standard InChI is InChI=1S/C7H14O3S/c8-11(9)6-3-7-1-4-10-5-2-7/h7,11H,1-6H2. The van der Waals surface area contributed by atoms with Gasteiger partial charge in [-0.15, -0.1) is 0 Å². The largest absolute Gasteiger partial charge is 0.381 e. The summed E-state index contributed by atoms with van der Waals surface area (Å²) < 4.78 is 25.7. The maximum atomic E-state index is 10.2. The summed E-state index contributed by atoms with van der Waals surface area (Å²) in [5.41, 5.74) is 0. The van der Waals surface area contributed by atoms with E-state index in [1.807, 2.05) is 0 Å². The second-order valence-electron chi connectivity index (χ2n) is 2.90. The fourth-order valence-corrected chi connectivity index (χ4v) is 1.90. The highest BCUT2D eigenvalue weighted by Crippen LogP contribution is 2.17. The predicted molar refractivity (Wildman–Crippen MR) is 43.3 cm³/mol. The molecule has 0 aromatic rings. The zero-order chi connectivity index (χ0) is 8.10. The van der Waals surface area contributed by atoms with Gasteiger partial charge in [0.2, 0.25) is 0 Å². The SMILES string of the molecule is O=[SH](=O)CCC1CCOCC1. The third-order valence-electron chi connectivity index (χ3n) is 2.06. The highest BCUT2D eigenvalue weighted by Gasteiger charge is 2.13. The Morgan fingerprint density at radius 2 is 1.91 bits per heavy atom. The molecule has 0 amide bonds. The van der Waals surface area contributed by atoms with Gasteiger partial charge in [-0.1, -0.05) is 0 Å². The van der Waals surface area contributed by atoms with Crippen LogP contribution in [0.1, 0.15) is 19.3 Å². The Balaban J connectivity index is 2.14. The van der Waals surface area contributed by atoms with Crippen LogP contribution in [0.5, 0.6) is 0 Å². The van der Waals surface area contributed by atoms with E-state index in [-0.39, 0.29) is 0 Å². The molecule has 66 valence electrons. The van der Waals surface area contributed by atoms with Crippen LogP contribution in [0.15, 0.2) is 0 Å². The van der Waals surface area contributed by atoms with Crippen LogP contribution in [0.4, 0.5) is 0 Å². The summed E-state index contributed by atoms with van der Waals surface area (Å²) >= 11 is 0. The van der Waals surface area contributed by atoms with Gasteiger partial charge in [0.05, 0.1) is 0 Å². The van der Waals surface area contributed by atoms with Crippen LogP contribution < -0.4 is 0 Å². The van der Waals surface area contributed by atoms with E-state index in [0.717, 1.165) is 32.5 Å². The highest BCUT2D eigenvalue weighted by atomic mass is 32.2. The van der Waals surface area contributed by atoms with Gasteiger partial charge in [0, 0.05) is 19.0 Å². The number of rotatable bonds is 3. The van der Waals surface area contributed by atoms with Gasteiger partial charge in [-0.2, -0.15) is 0 Å². The van der Waals surface area contributed by atoms with E-state index in [9.17, 15) is 8.42 Å². The Hall–Kier alpha value is -0.0900. The summed E-state index contributed by atoms with van der Waals surface area (Å²) in [6.45, 7) is 1.61. The smallest absolute Gasteiger partial charge is 0.140 e. The van der Waals surface area contributed by atoms with Crippen LogP contribution in [0.3, 0.4) is 0 Å². The van der Waals surface area contributed by atoms with Crippen molar-refractivity contribution < 1.29 is 13.2 Å². The summed E-state index contributed by atoms with van der Waals surface area (Å²) in [6, 6.07) is 0. The molecule has 0 N–H and O–H groups in total. The lowest BCUT2D eigenvalue weighted by Crippen LogP contribution is -2.16. The Kier molecular flexibility index (Phi) is 3.86. The number of hydrogen-bond donors (Lipinski definition) is 1. The molecule has 0 aliphatic carbocycles. The Morgan fingerprint density at radius 3 is 2.45 bits per heavy atom. The van der Waals surface area contributed by atoms with Gasteiger partial charge in [-0.3, -0.25) is 0 Å². The summed E-state index contributed by atoms with van der Waals surface area (Å²) in [5.74, 6) is 0.927. The lowest BCUT2D eigenvalue weighted by Gasteiger charge is -2.20. The molecular weight excluding hydrogens is 164 g/mol. The molecule has 1 saturated heterocycles. The molecule has 11 heavy (non-hydrogen) atoms. The third-order valence-corrected chi connectivity index (χ3v) is 2.68. The lowest BCUT2D eigenvalue weighted by molar-refractivity contribution is 0.0656. The predicted octanol–water partition coefficient (Wildman–Crippen LogP) is 0.415. The van der Waals surface area contributed by atoms with Crippen LogP contribution in [-0.2, 0) is 15.4 Å². The molecule has 0 aromatic carbocycles. The van der Waals surface area contributed by atoms with Gasteiger partial charge < -0.3 is 4.74 Å². The lowest BCUT2D eigenvalue weighted by atomic mass is 9.98. The first-order valence-corrected chi connectivity index (χ1v) is 5.35. The van der Waals surface area contributed by atoms with Gasteiger partial charge in [0.15, 0.2) is 0 Å². The Labute approximate surface area is 68.7 Å². The molecule has 0 unspecified atom stereocenters. The van der Waals surface area contributed by atoms with E-state index in [2.05, 4.69) is 0 Å². The molecule has 0 spiro atoms. The molecule has 4 heteroatoms. The van der Waals surface area contributed by atoms with Crippen molar-refractivity contribution in [3.8, 4) is 0 Å². The van der Waals surface area contributed by atoms with Gasteiger partial charge >= 0.3 is 0 Å². The normalized spacial score (nSPS) is 20.8. The van der Waals surface area contributed by atoms with Gasteiger partial charge in [0.25, 0.3) is 0 Å². The quantitative estimate of drug-likeness (QED) is 0.637. The van der Waals surface area contributed by atoms with Crippen LogP contribution in [0.25, 0.3) is 0 Å². The van der Waals surface area contributed by atoms with Crippen molar-refractivity contribution in [2.24, 2.45) is 5.92 Å². The first-order chi connectivity index (χ1) is 5.29. The average Bonchev–Trinajstić information content (AvgIpc) is 2.03. The van der Waals surface area contributed by atoms with Crippen molar-refractivity contribution in [3.05, 3.63) is 0 Å². The number of thiol groups is 1. The van der Waals surface area contributed by atoms with Crippen molar-refractivity contribution in [1.82, 2.24) is 0 Å². The van der Waals surface area contributed by atoms with Crippen molar-refractivity contribution in [3.63, 3.8) is 0 Å². The van der Waals surface area contributed by atoms with Gasteiger partial charge in [-0.25, -0.2) is 8.42 Å². The van der Waals surface area contributed by atoms with E-state index in [1.165, 1.54) is 0 Å². The molecule has 0 radical (unpaired) electrons. The molecule has 0 saturated carbocycles. The van der Waals surface area contributed by atoms with E-state index < -0.39 is 10.7 Å². The molecule has 1 heterocycles. The Morgan fingerprint density at radius 1 is 1.27 bits per heavy atom. The minimum Gasteiger partial charge on any atom is -0.381 e. The average molecular weight is 178 g/mol. The van der Waals surface area contributed by atoms with Crippen molar-refractivity contribution >= 4 is 10.7 Å². The summed E-state index contributed by atoms with van der Waals surface area (Å²) in [5, 5.41) is 0. The van der Waals surface area contributed by atoms with Crippen LogP contribution in [0, 0.1) is 5.92 Å². The highest BCUT2D eigenvalue weighted by molar-refractivity contribution is 7.72. The molecule has 3 nitrogen and oxygen atoms in total. The Bertz CT molecular complexity index is 163. The van der Waals surface area contributed by atoms with Gasteiger partial charge in [0.1, 0.15) is 10.7 Å². The molecule has 1 fully saturated rings. The summed E-state index contributed by atoms with van der Waals surface area (Å²) in [4.78, 5) is 0. The second kappa shape index (κ2) is 4.72. The maximum absolute atomic E-state index is 10.2. The molecule has 1 aliphatic heterocycles. The zero-order valence-electron chi connectivity index (χ0n) is 6.49. The number of ether oxygens (including phenoxy) is 1. The van der Waals surface area contributed by atoms with E-state index in [4.69, 9.17) is 4.74 Å². The third kappa shape index (κ3) is 3.72. The van der Waals surface area contributed by atoms with Crippen molar-refractivity contribution in [1.29, 1.82) is 0 Å². The van der Waals surface area contributed by atoms with Crippen LogP contribution in [-0.4, -0.2) is 27.4 Å². The number of hydrogen-bond acceptors (Lipinski definition) is 3. The first-order valence-electron chi connectivity index (χ1n) is 3.98. The monoisotopic (exact) mass is 178 g/mol. The molecule has 1 aliphatic rings. The summed E-state index contributed by atoms with van der Waals surface area (Å²) in [6.07, 6.45) is 2.88. The fraction of sp³-hybridized carbons (Fsp3) is 1.00. The molecule has 0 atom stereocenters. The molecule has 1 rings (SSSR count). The maximum Gasteiger partial charge on any atom is 0.140 e. The van der Waals surface area contributed by atoms with Crippen molar-refractivity contribution in [2.75, 3.05) is 19.0 Å². The van der Waals surface area contributed by atoms with Crippen LogP contribution in [0.2, 0.25) is 0 Å². The topological polar surface area (TPSA) is 43.4 Å². The summed E-state index contributed by atoms with van der Waals surface area (Å²) in [7, 11) is -2.17. The minimum atomic E-state index is -2.17. The molecule has 0 bridgehead atoms. The van der Waals surface area contributed by atoms with Gasteiger partial charge in [-0.05, 0) is 25.2 Å². The first kappa shape index (κ1) is 9.00. The second-order valence-corrected chi connectivity index (χ2v) is 4.01.